The van der Waals surface area contributed by atoms with Crippen LogP contribution in [0.5, 0.6) is 0 Å². The molecule has 4 nitrogen and oxygen atoms in total. The number of ether oxygens (including phenoxy) is 1. The minimum absolute atomic E-state index is 0.0775. The molecule has 146 valence electrons. The molecule has 2 unspecified atom stereocenters. The first-order valence-electron chi connectivity index (χ1n) is 8.08. The van der Waals surface area contributed by atoms with Gasteiger partial charge in [-0.3, -0.25) is 0 Å². The predicted octanol–water partition coefficient (Wildman–Crippen LogP) is 7.39. The smallest absolute Gasteiger partial charge is 0.368 e. The first kappa shape index (κ1) is 21.3. The van der Waals surface area contributed by atoms with Crippen LogP contribution in [0.15, 0.2) is 61.2 Å². The first-order chi connectivity index (χ1) is 13.4. The summed E-state index contributed by atoms with van der Waals surface area (Å²) in [6.07, 6.45) is 4.96. The van der Waals surface area contributed by atoms with Gasteiger partial charge in [0.25, 0.3) is 0 Å². The quantitative estimate of drug-likeness (QED) is 0.275. The molecule has 0 fully saturated rings. The number of carbonyl (C=O) groups excluding carboxylic acids is 1. The van der Waals surface area contributed by atoms with Gasteiger partial charge in [0, 0.05) is 17.4 Å². The highest BCUT2D eigenvalue weighted by Crippen LogP contribution is 2.42. The van der Waals surface area contributed by atoms with Crippen LogP contribution in [-0.2, 0) is 11.3 Å². The van der Waals surface area contributed by atoms with E-state index in [2.05, 4.69) is 4.98 Å². The largest absolute Gasteiger partial charge is 0.453 e. The lowest BCUT2D eigenvalue weighted by Gasteiger charge is -2.22. The molecule has 0 spiro atoms. The fourth-order valence-corrected chi connectivity index (χ4v) is 4.16. The first-order valence-corrected chi connectivity index (χ1v) is 10.5. The van der Waals surface area contributed by atoms with E-state index in [1.54, 1.807) is 53.6 Å². The maximum absolute atomic E-state index is 12.5. The van der Waals surface area contributed by atoms with Crippen molar-refractivity contribution in [1.29, 1.82) is 0 Å². The average Bonchev–Trinajstić information content (AvgIpc) is 3.22. The number of imidazole rings is 1. The Kier molecular flexibility index (Phi) is 7.55. The third-order valence-electron chi connectivity index (χ3n) is 3.82. The number of carbonyl (C=O) groups is 1. The van der Waals surface area contributed by atoms with Gasteiger partial charge in [0.1, 0.15) is 12.1 Å². The van der Waals surface area contributed by atoms with Crippen LogP contribution in [0, 0.1) is 0 Å². The highest BCUT2D eigenvalue weighted by molar-refractivity contribution is 8.13. The summed E-state index contributed by atoms with van der Waals surface area (Å²) in [5, 5.41) is 0.580. The number of hydrogen-bond acceptors (Lipinski definition) is 4. The number of alkyl halides is 1. The van der Waals surface area contributed by atoms with E-state index < -0.39 is 16.1 Å². The zero-order valence-corrected chi connectivity index (χ0v) is 18.1. The zero-order valence-electron chi connectivity index (χ0n) is 14.3. The van der Waals surface area contributed by atoms with Crippen molar-refractivity contribution >= 4 is 63.5 Å². The average molecular weight is 476 g/mol. The summed E-state index contributed by atoms with van der Waals surface area (Å²) in [6, 6.07) is 12.2. The lowest BCUT2D eigenvalue weighted by Crippen LogP contribution is -2.12. The molecule has 1 heterocycles. The lowest BCUT2D eigenvalue weighted by atomic mass is 10.1. The van der Waals surface area contributed by atoms with Crippen molar-refractivity contribution in [3.8, 4) is 0 Å². The summed E-state index contributed by atoms with van der Waals surface area (Å²) >= 11 is 25.5. The van der Waals surface area contributed by atoms with E-state index in [1.165, 1.54) is 0 Å². The molecule has 3 aromatic rings. The van der Waals surface area contributed by atoms with Crippen molar-refractivity contribution in [1.82, 2.24) is 9.55 Å². The molecule has 0 bridgehead atoms. The highest BCUT2D eigenvalue weighted by Gasteiger charge is 2.27. The molecular weight excluding hydrogens is 462 g/mol. The van der Waals surface area contributed by atoms with Crippen LogP contribution in [-0.4, -0.2) is 14.9 Å². The fraction of sp³-hybridized carbons (Fsp3) is 0.158. The van der Waals surface area contributed by atoms with Gasteiger partial charge in [-0.2, -0.15) is 0 Å². The van der Waals surface area contributed by atoms with E-state index in [4.69, 9.17) is 51.1 Å². The Morgan fingerprint density at radius 1 is 1.11 bits per heavy atom. The summed E-state index contributed by atoms with van der Waals surface area (Å²) in [5.74, 6) is 0. The normalized spacial score (nSPS) is 13.1. The van der Waals surface area contributed by atoms with E-state index >= 15 is 0 Å². The van der Waals surface area contributed by atoms with Gasteiger partial charge in [0.05, 0.1) is 21.6 Å². The van der Waals surface area contributed by atoms with Crippen LogP contribution in [0.3, 0.4) is 0 Å². The van der Waals surface area contributed by atoms with Crippen LogP contribution >= 0.6 is 58.2 Å². The fourth-order valence-electron chi connectivity index (χ4n) is 2.42. The molecule has 0 amide bonds. The van der Waals surface area contributed by atoms with Crippen LogP contribution in [0.4, 0.5) is 4.79 Å². The lowest BCUT2D eigenvalue weighted by molar-refractivity contribution is 0.168. The van der Waals surface area contributed by atoms with Gasteiger partial charge >= 0.3 is 5.30 Å². The van der Waals surface area contributed by atoms with Crippen molar-refractivity contribution in [2.45, 2.75) is 17.4 Å². The van der Waals surface area contributed by atoms with E-state index in [0.717, 1.165) is 22.9 Å². The Morgan fingerprint density at radius 3 is 2.50 bits per heavy atom. The maximum Gasteiger partial charge on any atom is 0.368 e. The molecule has 2 aromatic carbocycles. The summed E-state index contributed by atoms with van der Waals surface area (Å²) < 4.78 is 7.10. The SMILES string of the molecule is O=C(OCc1ccc(Cl)c(Cl)c1)SC(c1ccc(Cl)cc1)C(Cl)n1ccnc1. The van der Waals surface area contributed by atoms with Crippen LogP contribution in [0.25, 0.3) is 0 Å². The molecule has 0 aliphatic heterocycles. The standard InChI is InChI=1S/C19H14Cl4N2O2S/c20-14-4-2-13(3-5-14)17(18(23)25-8-7-24-11-25)28-19(26)27-10-12-1-6-15(21)16(22)9-12/h1-9,11,17-18H,10H2. The van der Waals surface area contributed by atoms with Crippen LogP contribution in [0.1, 0.15) is 21.9 Å². The van der Waals surface area contributed by atoms with Gasteiger partial charge in [-0.25, -0.2) is 9.78 Å². The van der Waals surface area contributed by atoms with E-state index in [-0.39, 0.29) is 6.61 Å². The Hall–Kier alpha value is -1.37. The second-order valence-corrected chi connectivity index (χ2v) is 8.53. The maximum atomic E-state index is 12.5. The topological polar surface area (TPSA) is 44.1 Å². The molecule has 1 aromatic heterocycles. The van der Waals surface area contributed by atoms with Crippen molar-refractivity contribution in [2.75, 3.05) is 0 Å². The highest BCUT2D eigenvalue weighted by atomic mass is 35.5. The Balaban J connectivity index is 1.72. The molecule has 0 aliphatic rings. The molecule has 0 aliphatic carbocycles. The van der Waals surface area contributed by atoms with Gasteiger partial charge < -0.3 is 9.30 Å². The molecular formula is C19H14Cl4N2O2S. The van der Waals surface area contributed by atoms with Crippen LogP contribution < -0.4 is 0 Å². The third kappa shape index (κ3) is 5.58. The molecule has 0 saturated carbocycles. The number of rotatable bonds is 6. The van der Waals surface area contributed by atoms with Gasteiger partial charge in [-0.1, -0.05) is 64.6 Å². The predicted molar refractivity (Wildman–Crippen MR) is 116 cm³/mol. The van der Waals surface area contributed by atoms with E-state index in [9.17, 15) is 4.79 Å². The second-order valence-electron chi connectivity index (χ2n) is 5.76. The summed E-state index contributed by atoms with van der Waals surface area (Å²) in [6.45, 7) is 0.0775. The van der Waals surface area contributed by atoms with E-state index in [0.29, 0.717) is 15.1 Å². The number of halogens is 4. The summed E-state index contributed by atoms with van der Waals surface area (Å²) in [4.78, 5) is 16.5. The molecule has 2 atom stereocenters. The number of thioether (sulfide) groups is 1. The van der Waals surface area contributed by atoms with E-state index in [1.807, 2.05) is 12.1 Å². The molecule has 3 rings (SSSR count). The Morgan fingerprint density at radius 2 is 1.86 bits per heavy atom. The number of hydrogen-bond donors (Lipinski definition) is 0. The summed E-state index contributed by atoms with van der Waals surface area (Å²) in [5.41, 5.74) is 1.03. The number of aromatic nitrogens is 2. The molecule has 0 N–H and O–H groups in total. The van der Waals surface area contributed by atoms with Crippen LogP contribution in [0.2, 0.25) is 15.1 Å². The zero-order chi connectivity index (χ0) is 20.1. The third-order valence-corrected chi connectivity index (χ3v) is 6.53. The minimum Gasteiger partial charge on any atom is -0.453 e. The molecule has 0 radical (unpaired) electrons. The second kappa shape index (κ2) is 9.90. The van der Waals surface area contributed by atoms with Crippen molar-refractivity contribution in [3.05, 3.63) is 87.4 Å². The molecule has 0 saturated heterocycles. The van der Waals surface area contributed by atoms with Crippen molar-refractivity contribution in [3.63, 3.8) is 0 Å². The number of benzene rings is 2. The van der Waals surface area contributed by atoms with Crippen molar-refractivity contribution < 1.29 is 9.53 Å². The minimum atomic E-state index is -0.550. The molecule has 9 heteroatoms. The Bertz CT molecular complexity index is 936. The number of nitrogens with zero attached hydrogens (tertiary/aromatic N) is 2. The van der Waals surface area contributed by atoms with Gasteiger partial charge in [0.15, 0.2) is 0 Å². The summed E-state index contributed by atoms with van der Waals surface area (Å²) in [7, 11) is 0. The monoisotopic (exact) mass is 474 g/mol. The van der Waals surface area contributed by atoms with Gasteiger partial charge in [-0.05, 0) is 47.2 Å². The Labute approximate surface area is 186 Å². The van der Waals surface area contributed by atoms with Crippen molar-refractivity contribution in [2.24, 2.45) is 0 Å². The molecule has 28 heavy (non-hydrogen) atoms. The van der Waals surface area contributed by atoms with Gasteiger partial charge in [-0.15, -0.1) is 0 Å². The van der Waals surface area contributed by atoms with Gasteiger partial charge in [0.2, 0.25) is 0 Å².